The molecule has 0 radical (unpaired) electrons. The van der Waals surface area contributed by atoms with E-state index in [0.717, 1.165) is 0 Å². The van der Waals surface area contributed by atoms with Crippen molar-refractivity contribution in [1.29, 1.82) is 0 Å². The maximum absolute atomic E-state index is 12.4. The third-order valence-electron chi connectivity index (χ3n) is 2.27. The van der Waals surface area contributed by atoms with Crippen LogP contribution in [0.3, 0.4) is 0 Å². The molecule has 1 unspecified atom stereocenters. The van der Waals surface area contributed by atoms with Gasteiger partial charge in [0.05, 0.1) is 0 Å². The van der Waals surface area contributed by atoms with Gasteiger partial charge in [0, 0.05) is 18.4 Å². The maximum Gasteiger partial charge on any atom is 0.253 e. The van der Waals surface area contributed by atoms with Crippen LogP contribution in [0.4, 0.5) is 8.78 Å². The van der Waals surface area contributed by atoms with Crippen LogP contribution in [0.1, 0.15) is 13.3 Å². The molecule has 0 heterocycles. The Balaban J connectivity index is 2.40. The SMILES string of the molecule is C[C@@H](C1CC1(F)F)N(C)C. The first-order valence-corrected chi connectivity index (χ1v) is 3.49. The van der Waals surface area contributed by atoms with Crippen LogP contribution in [-0.2, 0) is 0 Å². The lowest BCUT2D eigenvalue weighted by atomic mass is 10.2. The molecule has 1 nitrogen and oxygen atoms in total. The molecule has 1 aliphatic rings. The van der Waals surface area contributed by atoms with E-state index in [1.54, 1.807) is 0 Å². The molecular weight excluding hydrogens is 136 g/mol. The molecule has 2 atom stereocenters. The van der Waals surface area contributed by atoms with Gasteiger partial charge in [-0.25, -0.2) is 8.78 Å². The summed E-state index contributed by atoms with van der Waals surface area (Å²) in [6, 6.07) is 0.00926. The van der Waals surface area contributed by atoms with Crippen LogP contribution < -0.4 is 0 Å². The average molecular weight is 149 g/mol. The largest absolute Gasteiger partial charge is 0.306 e. The summed E-state index contributed by atoms with van der Waals surface area (Å²) in [4.78, 5) is 1.84. The van der Waals surface area contributed by atoms with Gasteiger partial charge < -0.3 is 4.90 Å². The van der Waals surface area contributed by atoms with E-state index >= 15 is 0 Å². The lowest BCUT2D eigenvalue weighted by Crippen LogP contribution is -2.28. The Kier molecular flexibility index (Phi) is 1.71. The van der Waals surface area contributed by atoms with Gasteiger partial charge >= 0.3 is 0 Å². The molecule has 0 spiro atoms. The van der Waals surface area contributed by atoms with Gasteiger partial charge in [0.15, 0.2) is 0 Å². The minimum absolute atomic E-state index is 0.00926. The highest BCUT2D eigenvalue weighted by atomic mass is 19.3. The lowest BCUT2D eigenvalue weighted by molar-refractivity contribution is 0.0786. The van der Waals surface area contributed by atoms with Crippen LogP contribution in [0.25, 0.3) is 0 Å². The Hall–Kier alpha value is -0.180. The van der Waals surface area contributed by atoms with E-state index in [1.807, 2.05) is 25.9 Å². The van der Waals surface area contributed by atoms with Gasteiger partial charge in [-0.3, -0.25) is 0 Å². The molecule has 3 heteroatoms. The Morgan fingerprint density at radius 1 is 1.50 bits per heavy atom. The first-order valence-electron chi connectivity index (χ1n) is 3.49. The number of rotatable bonds is 2. The molecule has 1 saturated carbocycles. The normalized spacial score (nSPS) is 32.4. The van der Waals surface area contributed by atoms with Gasteiger partial charge in [-0.15, -0.1) is 0 Å². The standard InChI is InChI=1S/C7H13F2N/c1-5(10(2)3)6-4-7(6,8)9/h5-6H,4H2,1-3H3/t5-,6?/m0/s1. The minimum Gasteiger partial charge on any atom is -0.306 e. The highest BCUT2D eigenvalue weighted by Crippen LogP contribution is 2.51. The van der Waals surface area contributed by atoms with Crippen LogP contribution in [0.2, 0.25) is 0 Å². The summed E-state index contributed by atoms with van der Waals surface area (Å²) < 4.78 is 24.8. The van der Waals surface area contributed by atoms with E-state index in [0.29, 0.717) is 0 Å². The summed E-state index contributed by atoms with van der Waals surface area (Å²) in [5.74, 6) is -2.77. The quantitative estimate of drug-likeness (QED) is 0.576. The minimum atomic E-state index is -2.37. The van der Waals surface area contributed by atoms with Gasteiger partial charge in [0.2, 0.25) is 0 Å². The summed E-state index contributed by atoms with van der Waals surface area (Å²) in [5.41, 5.74) is 0. The fourth-order valence-electron chi connectivity index (χ4n) is 1.12. The molecule has 0 aliphatic heterocycles. The van der Waals surface area contributed by atoms with E-state index in [2.05, 4.69) is 0 Å². The van der Waals surface area contributed by atoms with E-state index in [-0.39, 0.29) is 12.5 Å². The average Bonchev–Trinajstić information content (AvgIpc) is 2.38. The summed E-state index contributed by atoms with van der Waals surface area (Å²) in [6.07, 6.45) is 0.0757. The molecule has 0 bridgehead atoms. The number of hydrogen-bond acceptors (Lipinski definition) is 1. The number of hydrogen-bond donors (Lipinski definition) is 0. The van der Waals surface area contributed by atoms with Gasteiger partial charge in [-0.05, 0) is 21.0 Å². The highest BCUT2D eigenvalue weighted by molar-refractivity contribution is 5.00. The monoisotopic (exact) mass is 149 g/mol. The highest BCUT2D eigenvalue weighted by Gasteiger charge is 2.59. The van der Waals surface area contributed by atoms with E-state index < -0.39 is 11.8 Å². The Labute approximate surface area is 60.0 Å². The predicted octanol–water partition coefficient (Wildman–Crippen LogP) is 1.59. The van der Waals surface area contributed by atoms with Crippen molar-refractivity contribution in [3.05, 3.63) is 0 Å². The molecule has 1 aliphatic carbocycles. The molecule has 0 N–H and O–H groups in total. The number of nitrogens with zero attached hydrogens (tertiary/aromatic N) is 1. The van der Waals surface area contributed by atoms with Crippen molar-refractivity contribution in [3.63, 3.8) is 0 Å². The van der Waals surface area contributed by atoms with Crippen molar-refractivity contribution in [3.8, 4) is 0 Å². The second-order valence-electron chi connectivity index (χ2n) is 3.28. The first kappa shape index (κ1) is 7.92. The maximum atomic E-state index is 12.4. The summed E-state index contributed by atoms with van der Waals surface area (Å²) in [6.45, 7) is 1.84. The van der Waals surface area contributed by atoms with Crippen molar-refractivity contribution < 1.29 is 8.78 Å². The molecule has 60 valence electrons. The molecule has 1 fully saturated rings. The first-order chi connectivity index (χ1) is 4.45. The topological polar surface area (TPSA) is 3.24 Å². The van der Waals surface area contributed by atoms with Gasteiger partial charge in [-0.2, -0.15) is 0 Å². The molecule has 0 aromatic rings. The van der Waals surface area contributed by atoms with Crippen molar-refractivity contribution in [1.82, 2.24) is 4.90 Å². The zero-order chi connectivity index (χ0) is 7.94. The van der Waals surface area contributed by atoms with Crippen molar-refractivity contribution in [2.24, 2.45) is 5.92 Å². The van der Waals surface area contributed by atoms with Gasteiger partial charge in [0.1, 0.15) is 0 Å². The Morgan fingerprint density at radius 2 is 1.90 bits per heavy atom. The summed E-state index contributed by atoms with van der Waals surface area (Å²) in [5, 5.41) is 0. The molecule has 10 heavy (non-hydrogen) atoms. The number of alkyl halides is 2. The zero-order valence-corrected chi connectivity index (χ0v) is 6.56. The summed E-state index contributed by atoms with van der Waals surface area (Å²) in [7, 11) is 3.66. The Bertz CT molecular complexity index is 134. The molecule has 0 aromatic heterocycles. The van der Waals surface area contributed by atoms with E-state index in [1.165, 1.54) is 0 Å². The lowest BCUT2D eigenvalue weighted by Gasteiger charge is -2.18. The molecule has 0 saturated heterocycles. The van der Waals surface area contributed by atoms with Crippen LogP contribution in [0.5, 0.6) is 0 Å². The van der Waals surface area contributed by atoms with Crippen LogP contribution >= 0.6 is 0 Å². The van der Waals surface area contributed by atoms with Gasteiger partial charge in [0.25, 0.3) is 5.92 Å². The molecule has 0 aromatic carbocycles. The predicted molar refractivity (Wildman–Crippen MR) is 36.2 cm³/mol. The van der Waals surface area contributed by atoms with E-state index in [4.69, 9.17) is 0 Å². The van der Waals surface area contributed by atoms with Crippen molar-refractivity contribution in [2.45, 2.75) is 25.3 Å². The fourth-order valence-corrected chi connectivity index (χ4v) is 1.12. The Morgan fingerprint density at radius 3 is 2.00 bits per heavy atom. The third kappa shape index (κ3) is 1.29. The van der Waals surface area contributed by atoms with Crippen LogP contribution in [-0.4, -0.2) is 31.0 Å². The second kappa shape index (κ2) is 2.16. The van der Waals surface area contributed by atoms with Crippen LogP contribution in [0.15, 0.2) is 0 Å². The second-order valence-corrected chi connectivity index (χ2v) is 3.28. The molecule has 0 amide bonds. The molecule has 1 rings (SSSR count). The fraction of sp³-hybridized carbons (Fsp3) is 1.00. The zero-order valence-electron chi connectivity index (χ0n) is 6.56. The third-order valence-corrected chi connectivity index (χ3v) is 2.27. The van der Waals surface area contributed by atoms with Crippen molar-refractivity contribution >= 4 is 0 Å². The smallest absolute Gasteiger partial charge is 0.253 e. The number of halogens is 2. The van der Waals surface area contributed by atoms with Crippen LogP contribution in [0, 0.1) is 5.92 Å². The van der Waals surface area contributed by atoms with E-state index in [9.17, 15) is 8.78 Å². The van der Waals surface area contributed by atoms with Crippen molar-refractivity contribution in [2.75, 3.05) is 14.1 Å². The van der Waals surface area contributed by atoms with Gasteiger partial charge in [-0.1, -0.05) is 0 Å². The molecular formula is C7H13F2N. The summed E-state index contributed by atoms with van der Waals surface area (Å²) >= 11 is 0.